The SMILES string of the molecule is O=C(Cn1ccc2ccc(Cl)cc21)Nc1ccc(Cn2cncn2)cc1. The Morgan fingerprint density at radius 3 is 2.73 bits per heavy atom. The number of rotatable bonds is 5. The molecule has 4 aromatic rings. The normalized spacial score (nSPS) is 11.0. The van der Waals surface area contributed by atoms with Crippen molar-refractivity contribution in [2.45, 2.75) is 13.1 Å². The number of hydrogen-bond acceptors (Lipinski definition) is 3. The number of carbonyl (C=O) groups is 1. The summed E-state index contributed by atoms with van der Waals surface area (Å²) in [5, 5.41) is 8.71. The lowest BCUT2D eigenvalue weighted by Crippen LogP contribution is -2.18. The maximum Gasteiger partial charge on any atom is 0.244 e. The van der Waals surface area contributed by atoms with Crippen molar-refractivity contribution in [3.63, 3.8) is 0 Å². The van der Waals surface area contributed by atoms with Crippen LogP contribution in [0.3, 0.4) is 0 Å². The molecule has 6 nitrogen and oxygen atoms in total. The lowest BCUT2D eigenvalue weighted by Gasteiger charge is -2.09. The summed E-state index contributed by atoms with van der Waals surface area (Å²) in [6.07, 6.45) is 5.07. The van der Waals surface area contributed by atoms with E-state index >= 15 is 0 Å². The second-order valence-corrected chi connectivity index (χ2v) is 6.42. The highest BCUT2D eigenvalue weighted by Crippen LogP contribution is 2.20. The smallest absolute Gasteiger partial charge is 0.244 e. The maximum absolute atomic E-state index is 12.4. The molecule has 130 valence electrons. The van der Waals surface area contributed by atoms with Crippen molar-refractivity contribution in [3.05, 3.63) is 78.0 Å². The second kappa shape index (κ2) is 7.01. The van der Waals surface area contributed by atoms with Crippen LogP contribution in [0.15, 0.2) is 67.4 Å². The zero-order valence-electron chi connectivity index (χ0n) is 13.8. The maximum atomic E-state index is 12.4. The van der Waals surface area contributed by atoms with E-state index < -0.39 is 0 Å². The van der Waals surface area contributed by atoms with Crippen LogP contribution in [0.4, 0.5) is 5.69 Å². The minimum Gasteiger partial charge on any atom is -0.338 e. The first-order valence-electron chi connectivity index (χ1n) is 8.13. The third-order valence-corrected chi connectivity index (χ3v) is 4.33. The van der Waals surface area contributed by atoms with Crippen molar-refractivity contribution >= 4 is 34.1 Å². The van der Waals surface area contributed by atoms with Crippen molar-refractivity contribution in [3.8, 4) is 0 Å². The minimum atomic E-state index is -0.0912. The van der Waals surface area contributed by atoms with Crippen molar-refractivity contribution in [2.75, 3.05) is 5.32 Å². The Hall–Kier alpha value is -3.12. The second-order valence-electron chi connectivity index (χ2n) is 5.98. The third-order valence-electron chi connectivity index (χ3n) is 4.10. The van der Waals surface area contributed by atoms with Crippen LogP contribution in [-0.2, 0) is 17.9 Å². The van der Waals surface area contributed by atoms with Crippen molar-refractivity contribution in [1.29, 1.82) is 0 Å². The van der Waals surface area contributed by atoms with E-state index in [1.54, 1.807) is 11.0 Å². The van der Waals surface area contributed by atoms with Crippen LogP contribution in [0.5, 0.6) is 0 Å². The zero-order chi connectivity index (χ0) is 17.9. The Morgan fingerprint density at radius 2 is 1.96 bits per heavy atom. The molecule has 2 aromatic carbocycles. The summed E-state index contributed by atoms with van der Waals surface area (Å²) >= 11 is 6.06. The predicted molar refractivity (Wildman–Crippen MR) is 101 cm³/mol. The van der Waals surface area contributed by atoms with Gasteiger partial charge >= 0.3 is 0 Å². The first-order chi connectivity index (χ1) is 12.7. The van der Waals surface area contributed by atoms with Gasteiger partial charge in [0, 0.05) is 22.4 Å². The number of aromatic nitrogens is 4. The number of halogens is 1. The van der Waals surface area contributed by atoms with E-state index in [1.165, 1.54) is 6.33 Å². The number of hydrogen-bond donors (Lipinski definition) is 1. The standard InChI is InChI=1S/C19H16ClN5O/c20-16-4-3-15-7-8-24(18(15)9-16)11-19(26)23-17-5-1-14(2-6-17)10-25-13-21-12-22-25/h1-9,12-13H,10-11H2,(H,23,26). The van der Waals surface area contributed by atoms with E-state index in [1.807, 2.05) is 59.3 Å². The summed E-state index contributed by atoms with van der Waals surface area (Å²) in [6, 6.07) is 15.3. The molecule has 1 amide bonds. The molecular formula is C19H16ClN5O. The molecule has 0 aliphatic heterocycles. The van der Waals surface area contributed by atoms with Gasteiger partial charge in [0.25, 0.3) is 0 Å². The van der Waals surface area contributed by atoms with Gasteiger partial charge in [-0.2, -0.15) is 5.10 Å². The van der Waals surface area contributed by atoms with Crippen LogP contribution >= 0.6 is 11.6 Å². The number of fused-ring (bicyclic) bond motifs is 1. The Kier molecular flexibility index (Phi) is 4.41. The molecule has 0 saturated heterocycles. The van der Waals surface area contributed by atoms with Gasteiger partial charge in [0.05, 0.1) is 6.54 Å². The van der Waals surface area contributed by atoms with Gasteiger partial charge < -0.3 is 9.88 Å². The molecular weight excluding hydrogens is 350 g/mol. The summed E-state index contributed by atoms with van der Waals surface area (Å²) < 4.78 is 3.63. The number of benzene rings is 2. The number of anilines is 1. The van der Waals surface area contributed by atoms with Crippen molar-refractivity contribution in [1.82, 2.24) is 19.3 Å². The van der Waals surface area contributed by atoms with Gasteiger partial charge in [0.1, 0.15) is 19.2 Å². The molecule has 4 rings (SSSR count). The van der Waals surface area contributed by atoms with Crippen LogP contribution < -0.4 is 5.32 Å². The van der Waals surface area contributed by atoms with Gasteiger partial charge in [-0.25, -0.2) is 9.67 Å². The molecule has 0 unspecified atom stereocenters. The Morgan fingerprint density at radius 1 is 1.12 bits per heavy atom. The van der Waals surface area contributed by atoms with Gasteiger partial charge in [-0.1, -0.05) is 29.8 Å². The molecule has 0 saturated carbocycles. The van der Waals surface area contributed by atoms with E-state index in [2.05, 4.69) is 15.4 Å². The van der Waals surface area contributed by atoms with Crippen LogP contribution in [0.1, 0.15) is 5.56 Å². The highest BCUT2D eigenvalue weighted by atomic mass is 35.5. The molecule has 0 bridgehead atoms. The van der Waals surface area contributed by atoms with Crippen LogP contribution in [0.25, 0.3) is 10.9 Å². The first kappa shape index (κ1) is 16.4. The largest absolute Gasteiger partial charge is 0.338 e. The molecule has 2 aromatic heterocycles. The van der Waals surface area contributed by atoms with E-state index in [-0.39, 0.29) is 12.5 Å². The van der Waals surface area contributed by atoms with Crippen LogP contribution in [0, 0.1) is 0 Å². The number of amides is 1. The van der Waals surface area contributed by atoms with Gasteiger partial charge in [0.2, 0.25) is 5.91 Å². The average molecular weight is 366 g/mol. The van der Waals surface area contributed by atoms with Crippen molar-refractivity contribution < 1.29 is 4.79 Å². The fourth-order valence-corrected chi connectivity index (χ4v) is 3.01. The lowest BCUT2D eigenvalue weighted by molar-refractivity contribution is -0.116. The number of nitrogens with one attached hydrogen (secondary N) is 1. The van der Waals surface area contributed by atoms with E-state index in [0.717, 1.165) is 22.2 Å². The first-order valence-corrected chi connectivity index (χ1v) is 8.51. The van der Waals surface area contributed by atoms with Crippen molar-refractivity contribution in [2.24, 2.45) is 0 Å². The zero-order valence-corrected chi connectivity index (χ0v) is 14.6. The number of nitrogens with zero attached hydrogens (tertiary/aromatic N) is 4. The van der Waals surface area contributed by atoms with Gasteiger partial charge in [0.15, 0.2) is 0 Å². The molecule has 7 heteroatoms. The van der Waals surface area contributed by atoms with Gasteiger partial charge in [-0.15, -0.1) is 0 Å². The molecule has 0 aliphatic rings. The Bertz CT molecular complexity index is 1040. The fraction of sp³-hybridized carbons (Fsp3) is 0.105. The third kappa shape index (κ3) is 3.60. The highest BCUT2D eigenvalue weighted by Gasteiger charge is 2.07. The Labute approximate surface area is 155 Å². The lowest BCUT2D eigenvalue weighted by atomic mass is 10.2. The summed E-state index contributed by atoms with van der Waals surface area (Å²) in [5.41, 5.74) is 2.78. The molecule has 26 heavy (non-hydrogen) atoms. The molecule has 0 fully saturated rings. The molecule has 0 spiro atoms. The monoisotopic (exact) mass is 365 g/mol. The quantitative estimate of drug-likeness (QED) is 0.588. The fourth-order valence-electron chi connectivity index (χ4n) is 2.85. The predicted octanol–water partition coefficient (Wildman–Crippen LogP) is 3.57. The highest BCUT2D eigenvalue weighted by molar-refractivity contribution is 6.31. The van der Waals surface area contributed by atoms with Crippen LogP contribution in [-0.4, -0.2) is 25.2 Å². The van der Waals surface area contributed by atoms with Crippen LogP contribution in [0.2, 0.25) is 5.02 Å². The van der Waals surface area contributed by atoms with E-state index in [0.29, 0.717) is 11.6 Å². The average Bonchev–Trinajstić information content (AvgIpc) is 3.27. The van der Waals surface area contributed by atoms with Gasteiger partial charge in [-0.05, 0) is 41.3 Å². The summed E-state index contributed by atoms with van der Waals surface area (Å²) in [6.45, 7) is 0.870. The summed E-state index contributed by atoms with van der Waals surface area (Å²) in [4.78, 5) is 16.3. The molecule has 2 heterocycles. The molecule has 0 atom stereocenters. The van der Waals surface area contributed by atoms with E-state index in [9.17, 15) is 4.79 Å². The van der Waals surface area contributed by atoms with Gasteiger partial charge in [-0.3, -0.25) is 4.79 Å². The Balaban J connectivity index is 1.42. The minimum absolute atomic E-state index is 0.0912. The van der Waals surface area contributed by atoms with E-state index in [4.69, 9.17) is 11.6 Å². The molecule has 0 radical (unpaired) electrons. The molecule has 0 aliphatic carbocycles. The molecule has 1 N–H and O–H groups in total. The summed E-state index contributed by atoms with van der Waals surface area (Å²) in [5.74, 6) is -0.0912. The topological polar surface area (TPSA) is 64.7 Å². The number of carbonyl (C=O) groups excluding carboxylic acids is 1. The summed E-state index contributed by atoms with van der Waals surface area (Å²) in [7, 11) is 0.